The minimum atomic E-state index is -0.182. The molecule has 0 aliphatic carbocycles. The second kappa shape index (κ2) is 7.02. The van der Waals surface area contributed by atoms with E-state index in [4.69, 9.17) is 0 Å². The second-order valence-electron chi connectivity index (χ2n) is 5.15. The van der Waals surface area contributed by atoms with Gasteiger partial charge in [-0.3, -0.25) is 4.68 Å². The van der Waals surface area contributed by atoms with E-state index in [1.54, 1.807) is 12.1 Å². The van der Waals surface area contributed by atoms with E-state index >= 15 is 0 Å². The van der Waals surface area contributed by atoms with Crippen LogP contribution >= 0.6 is 15.9 Å². The molecule has 0 saturated carbocycles. The quantitative estimate of drug-likeness (QED) is 0.697. The highest BCUT2D eigenvalue weighted by Gasteiger charge is 2.14. The molecule has 2 aromatic rings. The van der Waals surface area contributed by atoms with Gasteiger partial charge in [-0.05, 0) is 49.4 Å². The Balaban J connectivity index is 2.12. The zero-order valence-corrected chi connectivity index (χ0v) is 13.5. The molecule has 0 N–H and O–H groups in total. The van der Waals surface area contributed by atoms with Crippen LogP contribution in [0.25, 0.3) is 0 Å². The molecule has 1 aromatic carbocycles. The van der Waals surface area contributed by atoms with Crippen molar-refractivity contribution in [1.82, 2.24) is 9.78 Å². The van der Waals surface area contributed by atoms with Crippen LogP contribution in [-0.4, -0.2) is 15.1 Å². The predicted molar refractivity (Wildman–Crippen MR) is 83.9 cm³/mol. The first kappa shape index (κ1) is 15.2. The highest BCUT2D eigenvalue weighted by atomic mass is 79.9. The van der Waals surface area contributed by atoms with E-state index in [2.05, 4.69) is 40.9 Å². The van der Waals surface area contributed by atoms with Gasteiger partial charge in [0.15, 0.2) is 0 Å². The standard InChI is InChI=1S/C16H20BrFN2/c1-3-12(2)20-8-7-16(19-20)10-14(11-17)13-5-4-6-15(18)9-13/h4-9,12,14H,3,10-11H2,1-2H3. The molecular formula is C16H20BrFN2. The Morgan fingerprint density at radius 1 is 1.35 bits per heavy atom. The number of hydrogen-bond acceptors (Lipinski definition) is 1. The predicted octanol–water partition coefficient (Wildman–Crippen LogP) is 4.71. The molecule has 0 aliphatic rings. The summed E-state index contributed by atoms with van der Waals surface area (Å²) in [4.78, 5) is 0. The molecule has 0 radical (unpaired) electrons. The Kier molecular flexibility index (Phi) is 5.35. The summed E-state index contributed by atoms with van der Waals surface area (Å²) >= 11 is 3.53. The van der Waals surface area contributed by atoms with E-state index < -0.39 is 0 Å². The number of alkyl halides is 1. The van der Waals surface area contributed by atoms with Gasteiger partial charge >= 0.3 is 0 Å². The molecular weight excluding hydrogens is 319 g/mol. The summed E-state index contributed by atoms with van der Waals surface area (Å²) in [5.74, 6) is 0.0598. The molecule has 20 heavy (non-hydrogen) atoms. The fourth-order valence-electron chi connectivity index (χ4n) is 2.19. The Hall–Kier alpha value is -1.16. The highest BCUT2D eigenvalue weighted by Crippen LogP contribution is 2.23. The molecule has 0 aliphatic heterocycles. The summed E-state index contributed by atoms with van der Waals surface area (Å²) in [5, 5.41) is 5.42. The zero-order valence-electron chi connectivity index (χ0n) is 11.9. The molecule has 0 spiro atoms. The molecule has 2 nitrogen and oxygen atoms in total. The number of benzene rings is 1. The van der Waals surface area contributed by atoms with Gasteiger partial charge in [0.2, 0.25) is 0 Å². The van der Waals surface area contributed by atoms with Gasteiger partial charge in [-0.15, -0.1) is 0 Å². The van der Waals surface area contributed by atoms with Gasteiger partial charge in [0.25, 0.3) is 0 Å². The lowest BCUT2D eigenvalue weighted by atomic mass is 9.96. The topological polar surface area (TPSA) is 17.8 Å². The van der Waals surface area contributed by atoms with E-state index in [1.807, 2.05) is 16.9 Å². The van der Waals surface area contributed by atoms with Gasteiger partial charge in [-0.2, -0.15) is 5.10 Å². The van der Waals surface area contributed by atoms with Crippen LogP contribution in [0.5, 0.6) is 0 Å². The van der Waals surface area contributed by atoms with Gasteiger partial charge in [0.05, 0.1) is 5.69 Å². The third-order valence-corrected chi connectivity index (χ3v) is 4.45. The maximum absolute atomic E-state index is 13.3. The average molecular weight is 339 g/mol. The van der Waals surface area contributed by atoms with Crippen molar-refractivity contribution in [3.05, 3.63) is 53.6 Å². The van der Waals surface area contributed by atoms with E-state index in [0.29, 0.717) is 6.04 Å². The first-order valence-electron chi connectivity index (χ1n) is 6.99. The normalized spacial score (nSPS) is 14.2. The van der Waals surface area contributed by atoms with Crippen molar-refractivity contribution in [2.45, 2.75) is 38.6 Å². The van der Waals surface area contributed by atoms with Crippen molar-refractivity contribution in [3.8, 4) is 0 Å². The Morgan fingerprint density at radius 2 is 2.15 bits per heavy atom. The largest absolute Gasteiger partial charge is 0.270 e. The van der Waals surface area contributed by atoms with Crippen LogP contribution in [0.2, 0.25) is 0 Å². The zero-order chi connectivity index (χ0) is 14.5. The highest BCUT2D eigenvalue weighted by molar-refractivity contribution is 9.09. The molecule has 2 rings (SSSR count). The van der Waals surface area contributed by atoms with Crippen molar-refractivity contribution < 1.29 is 4.39 Å². The SMILES string of the molecule is CCC(C)n1ccc(CC(CBr)c2cccc(F)c2)n1. The molecule has 0 amide bonds. The van der Waals surface area contributed by atoms with Crippen molar-refractivity contribution in [2.75, 3.05) is 5.33 Å². The van der Waals surface area contributed by atoms with Crippen molar-refractivity contribution >= 4 is 15.9 Å². The number of nitrogens with zero attached hydrogens (tertiary/aromatic N) is 2. The monoisotopic (exact) mass is 338 g/mol. The maximum Gasteiger partial charge on any atom is 0.123 e. The fourth-order valence-corrected chi connectivity index (χ4v) is 2.80. The van der Waals surface area contributed by atoms with E-state index in [-0.39, 0.29) is 11.7 Å². The first-order valence-corrected chi connectivity index (χ1v) is 8.11. The smallest absolute Gasteiger partial charge is 0.123 e. The number of hydrogen-bond donors (Lipinski definition) is 0. The van der Waals surface area contributed by atoms with Crippen LogP contribution in [0, 0.1) is 5.82 Å². The van der Waals surface area contributed by atoms with Crippen LogP contribution in [0.3, 0.4) is 0 Å². The first-order chi connectivity index (χ1) is 9.63. The van der Waals surface area contributed by atoms with E-state index in [0.717, 1.165) is 29.4 Å². The molecule has 108 valence electrons. The summed E-state index contributed by atoms with van der Waals surface area (Å²) in [7, 11) is 0. The van der Waals surface area contributed by atoms with Crippen LogP contribution in [0.4, 0.5) is 4.39 Å². The van der Waals surface area contributed by atoms with Crippen LogP contribution in [0.15, 0.2) is 36.5 Å². The summed E-state index contributed by atoms with van der Waals surface area (Å²) in [6.07, 6.45) is 3.91. The number of rotatable bonds is 6. The van der Waals surface area contributed by atoms with E-state index in [1.165, 1.54) is 6.07 Å². The van der Waals surface area contributed by atoms with Crippen molar-refractivity contribution in [2.24, 2.45) is 0 Å². The lowest BCUT2D eigenvalue weighted by Crippen LogP contribution is -2.08. The fraction of sp³-hybridized carbons (Fsp3) is 0.438. The molecule has 4 heteroatoms. The Morgan fingerprint density at radius 3 is 2.80 bits per heavy atom. The third-order valence-electron chi connectivity index (χ3n) is 3.67. The van der Waals surface area contributed by atoms with Crippen molar-refractivity contribution in [1.29, 1.82) is 0 Å². The molecule has 1 heterocycles. The molecule has 1 aromatic heterocycles. The minimum absolute atomic E-state index is 0.182. The average Bonchev–Trinajstić information content (AvgIpc) is 2.92. The Labute approximate surface area is 128 Å². The van der Waals surface area contributed by atoms with E-state index in [9.17, 15) is 4.39 Å². The number of aromatic nitrogens is 2. The molecule has 2 atom stereocenters. The maximum atomic E-state index is 13.3. The molecule has 2 unspecified atom stereocenters. The van der Waals surface area contributed by atoms with Gasteiger partial charge in [-0.1, -0.05) is 35.0 Å². The summed E-state index contributed by atoms with van der Waals surface area (Å²) in [5.41, 5.74) is 2.07. The van der Waals surface area contributed by atoms with Crippen LogP contribution in [-0.2, 0) is 6.42 Å². The Bertz CT molecular complexity index is 553. The van der Waals surface area contributed by atoms with Crippen LogP contribution in [0.1, 0.15) is 43.5 Å². The minimum Gasteiger partial charge on any atom is -0.270 e. The summed E-state index contributed by atoms with van der Waals surface area (Å²) in [6, 6.07) is 9.30. The van der Waals surface area contributed by atoms with Crippen LogP contribution < -0.4 is 0 Å². The van der Waals surface area contributed by atoms with Gasteiger partial charge in [0, 0.05) is 17.6 Å². The summed E-state index contributed by atoms with van der Waals surface area (Å²) in [6.45, 7) is 4.31. The van der Waals surface area contributed by atoms with Gasteiger partial charge < -0.3 is 0 Å². The molecule has 0 saturated heterocycles. The van der Waals surface area contributed by atoms with Crippen molar-refractivity contribution in [3.63, 3.8) is 0 Å². The third kappa shape index (κ3) is 3.69. The summed E-state index contributed by atoms with van der Waals surface area (Å²) < 4.78 is 15.3. The molecule has 0 bridgehead atoms. The number of halogens is 2. The second-order valence-corrected chi connectivity index (χ2v) is 5.80. The lowest BCUT2D eigenvalue weighted by molar-refractivity contribution is 0.472. The van der Waals surface area contributed by atoms with Gasteiger partial charge in [-0.25, -0.2) is 4.39 Å². The molecule has 0 fully saturated rings. The van der Waals surface area contributed by atoms with Gasteiger partial charge in [0.1, 0.15) is 5.82 Å². The lowest BCUT2D eigenvalue weighted by Gasteiger charge is -2.13.